The maximum absolute atomic E-state index is 11.4. The van der Waals surface area contributed by atoms with Crippen molar-refractivity contribution in [2.75, 3.05) is 16.3 Å². The molecule has 0 unspecified atom stereocenters. The van der Waals surface area contributed by atoms with Gasteiger partial charge in [-0.25, -0.2) is 8.42 Å². The second-order valence-electron chi connectivity index (χ2n) is 6.44. The molecule has 0 aliphatic carbocycles. The first-order chi connectivity index (χ1) is 12.9. The summed E-state index contributed by atoms with van der Waals surface area (Å²) in [4.78, 5) is 3.26. The third-order valence-electron chi connectivity index (χ3n) is 4.25. The second-order valence-corrected chi connectivity index (χ2v) is 8.19. The SMILES string of the molecule is Cc1cc(NS(C)(=O)=O)ccc1Nc1cc(-c2c[nH]c3ccccc23)[nH]n1. The highest BCUT2D eigenvalue weighted by Crippen LogP contribution is 2.30. The Balaban J connectivity index is 1.58. The van der Waals surface area contributed by atoms with Crippen molar-refractivity contribution in [2.45, 2.75) is 6.92 Å². The number of aromatic amines is 2. The van der Waals surface area contributed by atoms with E-state index in [9.17, 15) is 8.42 Å². The van der Waals surface area contributed by atoms with Crippen LogP contribution in [-0.2, 0) is 10.0 Å². The average molecular weight is 381 g/mol. The summed E-state index contributed by atoms with van der Waals surface area (Å²) in [5.41, 5.74) is 5.31. The molecular formula is C19H19N5O2S. The number of sulfonamides is 1. The number of rotatable bonds is 5. The van der Waals surface area contributed by atoms with Gasteiger partial charge in [0.2, 0.25) is 10.0 Å². The minimum absolute atomic E-state index is 0.530. The Hall–Kier alpha value is -3.26. The molecule has 4 N–H and O–H groups in total. The average Bonchev–Trinajstić information content (AvgIpc) is 3.22. The Morgan fingerprint density at radius 3 is 2.67 bits per heavy atom. The van der Waals surface area contributed by atoms with Crippen LogP contribution in [0.25, 0.3) is 22.2 Å². The molecule has 138 valence electrons. The number of fused-ring (bicyclic) bond motifs is 1. The Kier molecular flexibility index (Phi) is 4.12. The zero-order valence-electron chi connectivity index (χ0n) is 14.9. The summed E-state index contributed by atoms with van der Waals surface area (Å²) in [6.45, 7) is 1.91. The van der Waals surface area contributed by atoms with Gasteiger partial charge in [-0.1, -0.05) is 18.2 Å². The van der Waals surface area contributed by atoms with Crippen molar-refractivity contribution in [3.63, 3.8) is 0 Å². The van der Waals surface area contributed by atoms with E-state index in [2.05, 4.69) is 31.3 Å². The van der Waals surface area contributed by atoms with Crippen LogP contribution in [0.1, 0.15) is 5.56 Å². The van der Waals surface area contributed by atoms with Gasteiger partial charge in [-0.3, -0.25) is 9.82 Å². The first-order valence-corrected chi connectivity index (χ1v) is 10.3. The van der Waals surface area contributed by atoms with Crippen molar-refractivity contribution in [3.8, 4) is 11.3 Å². The highest BCUT2D eigenvalue weighted by molar-refractivity contribution is 7.92. The molecule has 8 heteroatoms. The summed E-state index contributed by atoms with van der Waals surface area (Å²) in [7, 11) is -3.30. The lowest BCUT2D eigenvalue weighted by molar-refractivity contribution is 0.607. The van der Waals surface area contributed by atoms with Gasteiger partial charge in [-0.2, -0.15) is 5.10 Å². The Morgan fingerprint density at radius 2 is 1.89 bits per heavy atom. The molecule has 0 aliphatic heterocycles. The van der Waals surface area contributed by atoms with Crippen molar-refractivity contribution in [3.05, 3.63) is 60.3 Å². The largest absolute Gasteiger partial charge is 0.360 e. The Bertz CT molecular complexity index is 1220. The molecule has 2 aromatic carbocycles. The lowest BCUT2D eigenvalue weighted by Crippen LogP contribution is -2.09. The Labute approximate surface area is 156 Å². The maximum atomic E-state index is 11.4. The molecule has 0 fully saturated rings. The van der Waals surface area contributed by atoms with E-state index < -0.39 is 10.0 Å². The van der Waals surface area contributed by atoms with E-state index in [0.29, 0.717) is 11.5 Å². The van der Waals surface area contributed by atoms with Gasteiger partial charge in [0.05, 0.1) is 11.9 Å². The monoisotopic (exact) mass is 381 g/mol. The molecule has 0 spiro atoms. The molecule has 2 heterocycles. The predicted octanol–water partition coefficient (Wildman–Crippen LogP) is 3.98. The molecule has 4 aromatic rings. The fourth-order valence-electron chi connectivity index (χ4n) is 3.04. The van der Waals surface area contributed by atoms with Crippen LogP contribution < -0.4 is 10.0 Å². The summed E-state index contributed by atoms with van der Waals surface area (Å²) in [6, 6.07) is 15.3. The van der Waals surface area contributed by atoms with E-state index in [-0.39, 0.29) is 0 Å². The summed E-state index contributed by atoms with van der Waals surface area (Å²) < 4.78 is 25.2. The predicted molar refractivity (Wildman–Crippen MR) is 109 cm³/mol. The van der Waals surface area contributed by atoms with Gasteiger partial charge in [-0.15, -0.1) is 0 Å². The van der Waals surface area contributed by atoms with Crippen molar-refractivity contribution in [2.24, 2.45) is 0 Å². The van der Waals surface area contributed by atoms with Crippen LogP contribution in [0.3, 0.4) is 0 Å². The fourth-order valence-corrected chi connectivity index (χ4v) is 3.59. The normalized spacial score (nSPS) is 11.6. The number of para-hydroxylation sites is 1. The van der Waals surface area contributed by atoms with E-state index in [0.717, 1.165) is 39.7 Å². The van der Waals surface area contributed by atoms with E-state index in [4.69, 9.17) is 0 Å². The fraction of sp³-hybridized carbons (Fsp3) is 0.105. The minimum atomic E-state index is -3.30. The summed E-state index contributed by atoms with van der Waals surface area (Å²) in [5.74, 6) is 0.683. The molecule has 7 nitrogen and oxygen atoms in total. The van der Waals surface area contributed by atoms with Crippen LogP contribution in [0.4, 0.5) is 17.2 Å². The molecule has 0 radical (unpaired) electrons. The molecule has 0 amide bonds. The smallest absolute Gasteiger partial charge is 0.229 e. The number of aromatic nitrogens is 3. The lowest BCUT2D eigenvalue weighted by Gasteiger charge is -2.10. The van der Waals surface area contributed by atoms with Crippen LogP contribution >= 0.6 is 0 Å². The third-order valence-corrected chi connectivity index (χ3v) is 4.86. The minimum Gasteiger partial charge on any atom is -0.360 e. The number of aryl methyl sites for hydroxylation is 1. The number of nitrogens with zero attached hydrogens (tertiary/aromatic N) is 1. The number of hydrogen-bond acceptors (Lipinski definition) is 4. The van der Waals surface area contributed by atoms with E-state index in [1.165, 1.54) is 0 Å². The summed E-state index contributed by atoms with van der Waals surface area (Å²) >= 11 is 0. The molecule has 4 rings (SSSR count). The maximum Gasteiger partial charge on any atom is 0.229 e. The van der Waals surface area contributed by atoms with Crippen LogP contribution in [0.2, 0.25) is 0 Å². The standard InChI is InChI=1S/C19H19N5O2S/c1-12-9-13(24-27(2,25)26)7-8-16(12)21-19-10-18(22-23-19)15-11-20-17-6-4-3-5-14(15)17/h3-11,20,24H,1-2H3,(H2,21,22,23). The lowest BCUT2D eigenvalue weighted by atomic mass is 10.1. The van der Waals surface area contributed by atoms with Gasteiger partial charge in [0.25, 0.3) is 0 Å². The first kappa shape index (κ1) is 17.2. The van der Waals surface area contributed by atoms with E-state index in [1.807, 2.05) is 43.5 Å². The molecule has 2 aromatic heterocycles. The highest BCUT2D eigenvalue weighted by atomic mass is 32.2. The number of benzene rings is 2. The van der Waals surface area contributed by atoms with Crippen LogP contribution in [0.5, 0.6) is 0 Å². The van der Waals surface area contributed by atoms with Crippen molar-refractivity contribution in [1.82, 2.24) is 15.2 Å². The van der Waals surface area contributed by atoms with Crippen LogP contribution in [-0.4, -0.2) is 29.9 Å². The van der Waals surface area contributed by atoms with Gasteiger partial charge in [0.15, 0.2) is 5.82 Å². The van der Waals surface area contributed by atoms with Gasteiger partial charge in [0.1, 0.15) is 0 Å². The topological polar surface area (TPSA) is 103 Å². The zero-order chi connectivity index (χ0) is 19.0. The molecule has 0 atom stereocenters. The van der Waals surface area contributed by atoms with E-state index in [1.54, 1.807) is 12.1 Å². The number of anilines is 3. The van der Waals surface area contributed by atoms with Crippen molar-refractivity contribution >= 4 is 38.1 Å². The number of nitrogens with one attached hydrogen (secondary N) is 4. The zero-order valence-corrected chi connectivity index (χ0v) is 15.7. The molecule has 0 aliphatic rings. The summed E-state index contributed by atoms with van der Waals surface area (Å²) in [5, 5.41) is 11.8. The van der Waals surface area contributed by atoms with Crippen LogP contribution in [0.15, 0.2) is 54.7 Å². The van der Waals surface area contributed by atoms with E-state index >= 15 is 0 Å². The van der Waals surface area contributed by atoms with Gasteiger partial charge < -0.3 is 10.3 Å². The van der Waals surface area contributed by atoms with Crippen LogP contribution in [0, 0.1) is 6.92 Å². The highest BCUT2D eigenvalue weighted by Gasteiger charge is 2.10. The molecule has 0 bridgehead atoms. The molecule has 0 saturated carbocycles. The van der Waals surface area contributed by atoms with Gasteiger partial charge in [0, 0.05) is 40.1 Å². The molecule has 0 saturated heterocycles. The van der Waals surface area contributed by atoms with Crippen molar-refractivity contribution in [1.29, 1.82) is 0 Å². The quantitative estimate of drug-likeness (QED) is 0.420. The molecular weight excluding hydrogens is 362 g/mol. The second kappa shape index (κ2) is 6.48. The number of H-pyrrole nitrogens is 2. The summed E-state index contributed by atoms with van der Waals surface area (Å²) in [6.07, 6.45) is 3.09. The van der Waals surface area contributed by atoms with Crippen molar-refractivity contribution < 1.29 is 8.42 Å². The third kappa shape index (κ3) is 3.65. The first-order valence-electron chi connectivity index (χ1n) is 8.36. The Morgan fingerprint density at radius 1 is 1.07 bits per heavy atom. The molecule has 27 heavy (non-hydrogen) atoms. The van der Waals surface area contributed by atoms with Gasteiger partial charge in [-0.05, 0) is 36.8 Å². The van der Waals surface area contributed by atoms with Gasteiger partial charge >= 0.3 is 0 Å². The number of hydrogen-bond donors (Lipinski definition) is 4.